The molecular formula is C26H26ClN3O2. The molecule has 3 aromatic rings. The van der Waals surface area contributed by atoms with E-state index in [0.29, 0.717) is 28.9 Å². The minimum absolute atomic E-state index is 0.172. The molecule has 2 fully saturated rings. The topological polar surface area (TPSA) is 60.0 Å². The van der Waals surface area contributed by atoms with Crippen molar-refractivity contribution in [3.63, 3.8) is 0 Å². The molecule has 0 amide bonds. The first-order valence-corrected chi connectivity index (χ1v) is 11.4. The van der Waals surface area contributed by atoms with Crippen LogP contribution in [-0.4, -0.2) is 40.4 Å². The van der Waals surface area contributed by atoms with Gasteiger partial charge in [-0.1, -0.05) is 66.7 Å². The maximum Gasteiger partial charge on any atom is 0.178 e. The standard InChI is InChI=1S/C26H26ClN3O2/c1-3-17(10-9-16(2)18-7-5-4-6-8-18)24-20(27)14-21-26(30-24)29-23(28-21)13-19-15-32-22-11-12-31-25(19)22/h3-10,14,19,22,25H,1,11-13,15H2,2H3,(H,28,29,30)/b16-9+,17-10+. The number of aromatic amines is 1. The molecule has 2 aliphatic heterocycles. The maximum absolute atomic E-state index is 6.60. The van der Waals surface area contributed by atoms with Crippen molar-refractivity contribution in [2.24, 2.45) is 5.92 Å². The molecule has 5 nitrogen and oxygen atoms in total. The summed E-state index contributed by atoms with van der Waals surface area (Å²) in [5, 5.41) is 0.563. The van der Waals surface area contributed by atoms with Crippen LogP contribution in [0.1, 0.15) is 30.4 Å². The molecule has 6 heteroatoms. The van der Waals surface area contributed by atoms with E-state index in [0.717, 1.165) is 41.9 Å². The fourth-order valence-corrected chi connectivity index (χ4v) is 4.76. The van der Waals surface area contributed by atoms with E-state index < -0.39 is 0 Å². The number of ether oxygens (including phenoxy) is 2. The minimum atomic E-state index is 0.172. The van der Waals surface area contributed by atoms with E-state index in [1.165, 1.54) is 5.56 Å². The average molecular weight is 448 g/mol. The molecule has 2 saturated heterocycles. The molecule has 3 unspecified atom stereocenters. The average Bonchev–Trinajstić information content (AvgIpc) is 3.52. The summed E-state index contributed by atoms with van der Waals surface area (Å²) in [5.74, 6) is 1.20. The summed E-state index contributed by atoms with van der Waals surface area (Å²) in [6.45, 7) is 7.53. The molecule has 1 N–H and O–H groups in total. The molecule has 0 spiro atoms. The number of allylic oxidation sites excluding steroid dienone is 5. The van der Waals surface area contributed by atoms with Crippen LogP contribution in [0.4, 0.5) is 0 Å². The van der Waals surface area contributed by atoms with E-state index in [9.17, 15) is 0 Å². The molecule has 2 aliphatic rings. The molecule has 0 radical (unpaired) electrons. The van der Waals surface area contributed by atoms with Crippen molar-refractivity contribution >= 4 is 33.9 Å². The van der Waals surface area contributed by atoms with Crippen molar-refractivity contribution in [3.05, 3.63) is 83.3 Å². The lowest BCUT2D eigenvalue weighted by atomic mass is 9.98. The number of nitrogens with one attached hydrogen (secondary N) is 1. The van der Waals surface area contributed by atoms with Crippen LogP contribution in [0.15, 0.2) is 61.2 Å². The summed E-state index contributed by atoms with van der Waals surface area (Å²) in [6, 6.07) is 12.1. The molecule has 4 heterocycles. The molecule has 0 saturated carbocycles. The highest BCUT2D eigenvalue weighted by Gasteiger charge is 2.41. The van der Waals surface area contributed by atoms with Gasteiger partial charge in [0.05, 0.1) is 35.0 Å². The van der Waals surface area contributed by atoms with Crippen molar-refractivity contribution in [3.8, 4) is 0 Å². The van der Waals surface area contributed by atoms with Gasteiger partial charge in [0.1, 0.15) is 5.82 Å². The van der Waals surface area contributed by atoms with Crippen LogP contribution in [0.3, 0.4) is 0 Å². The lowest BCUT2D eigenvalue weighted by Gasteiger charge is -2.13. The van der Waals surface area contributed by atoms with Crippen LogP contribution < -0.4 is 0 Å². The number of hydrogen-bond donors (Lipinski definition) is 1. The summed E-state index contributed by atoms with van der Waals surface area (Å²) in [5.41, 5.74) is 5.32. The quantitative estimate of drug-likeness (QED) is 0.497. The smallest absolute Gasteiger partial charge is 0.178 e. The lowest BCUT2D eigenvalue weighted by Crippen LogP contribution is -2.24. The van der Waals surface area contributed by atoms with Gasteiger partial charge in [0.15, 0.2) is 5.65 Å². The molecule has 0 aliphatic carbocycles. The van der Waals surface area contributed by atoms with Gasteiger partial charge in [-0.25, -0.2) is 9.97 Å². The number of fused-ring (bicyclic) bond motifs is 2. The Kier molecular flexibility index (Phi) is 5.96. The van der Waals surface area contributed by atoms with Gasteiger partial charge in [-0.15, -0.1) is 0 Å². The highest BCUT2D eigenvalue weighted by molar-refractivity contribution is 6.32. The van der Waals surface area contributed by atoms with E-state index >= 15 is 0 Å². The van der Waals surface area contributed by atoms with Gasteiger partial charge in [0, 0.05) is 24.5 Å². The Morgan fingerprint density at radius 1 is 1.22 bits per heavy atom. The number of H-pyrrole nitrogens is 1. The van der Waals surface area contributed by atoms with Crippen molar-refractivity contribution in [2.75, 3.05) is 13.2 Å². The fourth-order valence-electron chi connectivity index (χ4n) is 4.50. The van der Waals surface area contributed by atoms with Gasteiger partial charge in [-0.05, 0) is 30.5 Å². The zero-order valence-electron chi connectivity index (χ0n) is 18.1. The third-order valence-corrected chi connectivity index (χ3v) is 6.52. The number of rotatable bonds is 6. The van der Waals surface area contributed by atoms with E-state index in [2.05, 4.69) is 36.7 Å². The number of benzene rings is 1. The van der Waals surface area contributed by atoms with Crippen molar-refractivity contribution < 1.29 is 9.47 Å². The van der Waals surface area contributed by atoms with Crippen molar-refractivity contribution in [1.29, 1.82) is 0 Å². The van der Waals surface area contributed by atoms with E-state index in [1.54, 1.807) is 6.08 Å². The summed E-state index contributed by atoms with van der Waals surface area (Å²) < 4.78 is 11.7. The number of halogens is 1. The lowest BCUT2D eigenvalue weighted by molar-refractivity contribution is 0.0633. The molecule has 0 bridgehead atoms. The number of imidazole rings is 1. The van der Waals surface area contributed by atoms with Gasteiger partial charge in [-0.2, -0.15) is 0 Å². The molecule has 32 heavy (non-hydrogen) atoms. The predicted octanol–water partition coefficient (Wildman–Crippen LogP) is 5.63. The first kappa shape index (κ1) is 21.1. The van der Waals surface area contributed by atoms with E-state index in [1.807, 2.05) is 30.3 Å². The molecule has 5 rings (SSSR count). The number of nitrogens with zero attached hydrogens (tertiary/aromatic N) is 2. The third kappa shape index (κ3) is 4.16. The zero-order valence-corrected chi connectivity index (χ0v) is 18.8. The number of pyridine rings is 1. The Morgan fingerprint density at radius 3 is 2.88 bits per heavy atom. The number of aromatic nitrogens is 3. The number of hydrogen-bond acceptors (Lipinski definition) is 4. The molecule has 2 aromatic heterocycles. The Bertz CT molecular complexity index is 1200. The van der Waals surface area contributed by atoms with Gasteiger partial charge in [0.25, 0.3) is 0 Å². The van der Waals surface area contributed by atoms with Crippen LogP contribution >= 0.6 is 11.6 Å². The minimum Gasteiger partial charge on any atom is -0.375 e. The summed E-state index contributed by atoms with van der Waals surface area (Å²) >= 11 is 6.60. The van der Waals surface area contributed by atoms with Crippen LogP contribution in [0.2, 0.25) is 5.02 Å². The first-order chi connectivity index (χ1) is 15.6. The van der Waals surface area contributed by atoms with Crippen LogP contribution in [-0.2, 0) is 15.9 Å². The van der Waals surface area contributed by atoms with Gasteiger partial charge in [0.2, 0.25) is 0 Å². The van der Waals surface area contributed by atoms with Crippen LogP contribution in [0.5, 0.6) is 0 Å². The largest absolute Gasteiger partial charge is 0.375 e. The normalized spacial score (nSPS) is 23.6. The fraction of sp³-hybridized carbons (Fsp3) is 0.308. The molecule has 1 aromatic carbocycles. The van der Waals surface area contributed by atoms with Gasteiger partial charge >= 0.3 is 0 Å². The Morgan fingerprint density at radius 2 is 2.06 bits per heavy atom. The summed E-state index contributed by atoms with van der Waals surface area (Å²) in [6.07, 6.45) is 7.99. The van der Waals surface area contributed by atoms with Crippen LogP contribution in [0, 0.1) is 5.92 Å². The Balaban J connectivity index is 1.41. The summed E-state index contributed by atoms with van der Waals surface area (Å²) in [4.78, 5) is 12.9. The molecular weight excluding hydrogens is 422 g/mol. The highest BCUT2D eigenvalue weighted by Crippen LogP contribution is 2.33. The highest BCUT2D eigenvalue weighted by atomic mass is 35.5. The van der Waals surface area contributed by atoms with Crippen molar-refractivity contribution in [1.82, 2.24) is 15.0 Å². The SMILES string of the molecule is C=C/C(=C\C=C(/C)c1ccccc1)c1nc2nc(CC3COC4CCOC34)[nH]c2cc1Cl. The summed E-state index contributed by atoms with van der Waals surface area (Å²) in [7, 11) is 0. The molecule has 3 atom stereocenters. The van der Waals surface area contributed by atoms with Gasteiger partial charge < -0.3 is 14.5 Å². The first-order valence-electron chi connectivity index (χ1n) is 11.0. The van der Waals surface area contributed by atoms with Crippen molar-refractivity contribution in [2.45, 2.75) is 32.0 Å². The molecule has 164 valence electrons. The second kappa shape index (κ2) is 9.02. The Labute approximate surface area is 192 Å². The Hall–Kier alpha value is -2.73. The maximum atomic E-state index is 6.60. The van der Waals surface area contributed by atoms with E-state index in [-0.39, 0.29) is 12.2 Å². The zero-order chi connectivity index (χ0) is 22.1. The van der Waals surface area contributed by atoms with Gasteiger partial charge in [-0.3, -0.25) is 0 Å². The van der Waals surface area contributed by atoms with Crippen LogP contribution in [0.25, 0.3) is 22.3 Å². The third-order valence-electron chi connectivity index (χ3n) is 6.23. The second-order valence-corrected chi connectivity index (χ2v) is 8.78. The second-order valence-electron chi connectivity index (χ2n) is 8.38. The monoisotopic (exact) mass is 447 g/mol. The predicted molar refractivity (Wildman–Crippen MR) is 128 cm³/mol. The van der Waals surface area contributed by atoms with E-state index in [4.69, 9.17) is 31.0 Å².